The Balaban J connectivity index is 3.76. The van der Waals surface area contributed by atoms with Gasteiger partial charge in [0.1, 0.15) is 0 Å². The van der Waals surface area contributed by atoms with Crippen molar-refractivity contribution >= 4 is 11.9 Å². The molecule has 0 spiro atoms. The summed E-state index contributed by atoms with van der Waals surface area (Å²) < 4.78 is 0. The van der Waals surface area contributed by atoms with Crippen LogP contribution in [0.25, 0.3) is 0 Å². The van der Waals surface area contributed by atoms with E-state index in [1.807, 2.05) is 19.1 Å². The standard InChI is InChI=1S/C11H21N3O2/c1-4-6-7-8-13-9(3)10(15)14-11(16)12-5-2/h4,6,9,13H,5,7-8H2,1-3H3,(H2,12,14,15,16)/b6-4+. The first-order valence-electron chi connectivity index (χ1n) is 5.55. The van der Waals surface area contributed by atoms with Crippen molar-refractivity contribution in [3.8, 4) is 0 Å². The predicted octanol–water partition coefficient (Wildman–Crippen LogP) is 0.776. The van der Waals surface area contributed by atoms with Crippen LogP contribution < -0.4 is 16.0 Å². The van der Waals surface area contributed by atoms with E-state index in [1.165, 1.54) is 0 Å². The molecular weight excluding hydrogens is 206 g/mol. The third-order valence-electron chi connectivity index (χ3n) is 1.96. The molecule has 0 aliphatic carbocycles. The van der Waals surface area contributed by atoms with Crippen LogP contribution in [0.1, 0.15) is 27.2 Å². The highest BCUT2D eigenvalue weighted by Crippen LogP contribution is 1.85. The summed E-state index contributed by atoms with van der Waals surface area (Å²) in [5, 5.41) is 7.77. The molecule has 0 saturated carbocycles. The van der Waals surface area contributed by atoms with Crippen molar-refractivity contribution < 1.29 is 9.59 Å². The number of amides is 3. The molecule has 0 rings (SSSR count). The number of carbonyl (C=O) groups is 2. The summed E-state index contributed by atoms with van der Waals surface area (Å²) in [6.45, 7) is 6.69. The Kier molecular flexibility index (Phi) is 8.15. The second-order valence-corrected chi connectivity index (χ2v) is 3.38. The molecule has 0 radical (unpaired) electrons. The molecule has 0 aromatic rings. The Hall–Kier alpha value is -1.36. The van der Waals surface area contributed by atoms with E-state index in [-0.39, 0.29) is 11.9 Å². The molecule has 0 heterocycles. The molecule has 3 amide bonds. The fourth-order valence-corrected chi connectivity index (χ4v) is 1.07. The van der Waals surface area contributed by atoms with Crippen LogP contribution in [0, 0.1) is 0 Å². The van der Waals surface area contributed by atoms with E-state index in [9.17, 15) is 9.59 Å². The first kappa shape index (κ1) is 14.6. The number of urea groups is 1. The van der Waals surface area contributed by atoms with Crippen molar-refractivity contribution in [1.82, 2.24) is 16.0 Å². The van der Waals surface area contributed by atoms with Crippen LogP contribution in [0.15, 0.2) is 12.2 Å². The van der Waals surface area contributed by atoms with Gasteiger partial charge in [-0.1, -0.05) is 12.2 Å². The largest absolute Gasteiger partial charge is 0.338 e. The second-order valence-electron chi connectivity index (χ2n) is 3.38. The lowest BCUT2D eigenvalue weighted by Gasteiger charge is -2.12. The van der Waals surface area contributed by atoms with Gasteiger partial charge in [0.25, 0.3) is 0 Å². The molecule has 0 bridgehead atoms. The molecule has 1 atom stereocenters. The predicted molar refractivity (Wildman–Crippen MR) is 64.1 cm³/mol. The van der Waals surface area contributed by atoms with Gasteiger partial charge in [0.15, 0.2) is 0 Å². The summed E-state index contributed by atoms with van der Waals surface area (Å²) in [6, 6.07) is -0.817. The van der Waals surface area contributed by atoms with Gasteiger partial charge in [0.05, 0.1) is 6.04 Å². The SMILES string of the molecule is C/C=C/CCNC(C)C(=O)NC(=O)NCC. The van der Waals surface area contributed by atoms with Crippen LogP contribution in [-0.4, -0.2) is 31.1 Å². The van der Waals surface area contributed by atoms with Crippen LogP contribution in [-0.2, 0) is 4.79 Å². The van der Waals surface area contributed by atoms with Gasteiger partial charge in [-0.15, -0.1) is 0 Å². The molecule has 0 aromatic carbocycles. The van der Waals surface area contributed by atoms with Crippen molar-refractivity contribution in [1.29, 1.82) is 0 Å². The molecule has 5 heteroatoms. The molecule has 92 valence electrons. The number of hydrogen-bond acceptors (Lipinski definition) is 3. The number of rotatable bonds is 6. The summed E-state index contributed by atoms with van der Waals surface area (Å²) in [4.78, 5) is 22.5. The lowest BCUT2D eigenvalue weighted by atomic mass is 10.3. The average molecular weight is 227 g/mol. The van der Waals surface area contributed by atoms with Gasteiger partial charge in [0.2, 0.25) is 5.91 Å². The van der Waals surface area contributed by atoms with Gasteiger partial charge in [-0.25, -0.2) is 4.79 Å². The molecule has 0 fully saturated rings. The van der Waals surface area contributed by atoms with Gasteiger partial charge in [-0.2, -0.15) is 0 Å². The average Bonchev–Trinajstić information content (AvgIpc) is 2.24. The van der Waals surface area contributed by atoms with Gasteiger partial charge >= 0.3 is 6.03 Å². The van der Waals surface area contributed by atoms with Crippen molar-refractivity contribution in [2.24, 2.45) is 0 Å². The maximum Gasteiger partial charge on any atom is 0.321 e. The molecule has 0 aliphatic heterocycles. The van der Waals surface area contributed by atoms with Crippen molar-refractivity contribution in [2.75, 3.05) is 13.1 Å². The van der Waals surface area contributed by atoms with Gasteiger partial charge in [-0.3, -0.25) is 10.1 Å². The van der Waals surface area contributed by atoms with E-state index in [1.54, 1.807) is 13.8 Å². The maximum atomic E-state index is 11.4. The highest BCUT2D eigenvalue weighted by Gasteiger charge is 2.13. The highest BCUT2D eigenvalue weighted by molar-refractivity contribution is 5.96. The molecule has 5 nitrogen and oxygen atoms in total. The first-order valence-corrected chi connectivity index (χ1v) is 5.55. The summed E-state index contributed by atoms with van der Waals surface area (Å²) >= 11 is 0. The van der Waals surface area contributed by atoms with Gasteiger partial charge in [0, 0.05) is 6.54 Å². The van der Waals surface area contributed by atoms with Crippen molar-refractivity contribution in [2.45, 2.75) is 33.2 Å². The molecule has 0 aromatic heterocycles. The smallest absolute Gasteiger partial charge is 0.321 e. The Morgan fingerprint density at radius 2 is 2.06 bits per heavy atom. The van der Waals surface area contributed by atoms with Crippen LogP contribution in [0.2, 0.25) is 0 Å². The number of allylic oxidation sites excluding steroid dienone is 1. The van der Waals surface area contributed by atoms with E-state index in [4.69, 9.17) is 0 Å². The van der Waals surface area contributed by atoms with Crippen molar-refractivity contribution in [3.05, 3.63) is 12.2 Å². The maximum absolute atomic E-state index is 11.4. The van der Waals surface area contributed by atoms with Crippen molar-refractivity contribution in [3.63, 3.8) is 0 Å². The third kappa shape index (κ3) is 7.00. The minimum absolute atomic E-state index is 0.313. The summed E-state index contributed by atoms with van der Waals surface area (Å²) in [6.07, 6.45) is 4.85. The van der Waals surface area contributed by atoms with Crippen LogP contribution in [0.4, 0.5) is 4.79 Å². The van der Waals surface area contributed by atoms with E-state index in [2.05, 4.69) is 16.0 Å². The zero-order chi connectivity index (χ0) is 12.4. The number of imide groups is 1. The number of carbonyl (C=O) groups excluding carboxylic acids is 2. The topological polar surface area (TPSA) is 70.2 Å². The molecule has 0 saturated heterocycles. The van der Waals surface area contributed by atoms with Crippen LogP contribution >= 0.6 is 0 Å². The third-order valence-corrected chi connectivity index (χ3v) is 1.96. The Labute approximate surface area is 96.7 Å². The van der Waals surface area contributed by atoms with E-state index >= 15 is 0 Å². The lowest BCUT2D eigenvalue weighted by Crippen LogP contribution is -2.48. The number of nitrogens with one attached hydrogen (secondary N) is 3. The first-order chi connectivity index (χ1) is 7.61. The van der Waals surface area contributed by atoms with Gasteiger partial charge in [-0.05, 0) is 33.7 Å². The summed E-state index contributed by atoms with van der Waals surface area (Å²) in [5.74, 6) is -0.313. The lowest BCUT2D eigenvalue weighted by molar-refractivity contribution is -0.121. The van der Waals surface area contributed by atoms with Gasteiger partial charge < -0.3 is 10.6 Å². The van der Waals surface area contributed by atoms with Crippen LogP contribution in [0.3, 0.4) is 0 Å². The second kappa shape index (κ2) is 8.91. The molecule has 16 heavy (non-hydrogen) atoms. The minimum atomic E-state index is -0.449. The Bertz CT molecular complexity index is 252. The van der Waals surface area contributed by atoms with Crippen LogP contribution in [0.5, 0.6) is 0 Å². The normalized spacial score (nSPS) is 12.4. The monoisotopic (exact) mass is 227 g/mol. The Morgan fingerprint density at radius 3 is 2.62 bits per heavy atom. The molecular formula is C11H21N3O2. The Morgan fingerprint density at radius 1 is 1.38 bits per heavy atom. The molecule has 3 N–H and O–H groups in total. The zero-order valence-corrected chi connectivity index (χ0v) is 10.2. The summed E-state index contributed by atoms with van der Waals surface area (Å²) in [7, 11) is 0. The van der Waals surface area contributed by atoms with E-state index in [0.717, 1.165) is 6.42 Å². The minimum Gasteiger partial charge on any atom is -0.338 e. The molecule has 0 aliphatic rings. The highest BCUT2D eigenvalue weighted by atomic mass is 16.2. The van der Waals surface area contributed by atoms with E-state index in [0.29, 0.717) is 13.1 Å². The van der Waals surface area contributed by atoms with E-state index < -0.39 is 6.03 Å². The zero-order valence-electron chi connectivity index (χ0n) is 10.2. The fraction of sp³-hybridized carbons (Fsp3) is 0.636. The number of hydrogen-bond donors (Lipinski definition) is 3. The quantitative estimate of drug-likeness (QED) is 0.464. The molecule has 1 unspecified atom stereocenters. The fourth-order valence-electron chi connectivity index (χ4n) is 1.07. The summed E-state index contributed by atoms with van der Waals surface area (Å²) in [5.41, 5.74) is 0.